The molecule has 3 rings (SSSR count). The molecule has 2 aromatic carbocycles. The topological polar surface area (TPSA) is 137 Å². The van der Waals surface area contributed by atoms with E-state index in [0.717, 1.165) is 11.0 Å². The van der Waals surface area contributed by atoms with Crippen LogP contribution in [0.3, 0.4) is 0 Å². The van der Waals surface area contributed by atoms with Gasteiger partial charge >= 0.3 is 0 Å². The molecule has 0 aliphatic rings. The molecule has 0 saturated carbocycles. The Labute approximate surface area is 137 Å². The highest BCUT2D eigenvalue weighted by atomic mass is 32.2. The molecular weight excluding hydrogens is 328 g/mol. The molecule has 1 heterocycles. The molecule has 4 N–H and O–H groups in total. The van der Waals surface area contributed by atoms with Crippen LogP contribution in [-0.4, -0.2) is 24.1 Å². The number of nitrogens with two attached hydrogens (primary N) is 1. The lowest BCUT2D eigenvalue weighted by atomic mass is 10.3. The van der Waals surface area contributed by atoms with Gasteiger partial charge in [0.05, 0.1) is 21.6 Å². The largest absolute Gasteiger partial charge is 0.336 e. The van der Waals surface area contributed by atoms with Gasteiger partial charge in [0, 0.05) is 0 Å². The van der Waals surface area contributed by atoms with E-state index in [9.17, 15) is 13.7 Å². The predicted octanol–water partition coefficient (Wildman–Crippen LogP) is 1.55. The first-order valence-electron chi connectivity index (χ1n) is 6.79. The van der Waals surface area contributed by atoms with Crippen LogP contribution in [0, 0.1) is 11.3 Å². The molecule has 0 aliphatic heterocycles. The van der Waals surface area contributed by atoms with Gasteiger partial charge in [-0.2, -0.15) is 10.4 Å². The maximum absolute atomic E-state index is 11.2. The fourth-order valence-corrected chi connectivity index (χ4v) is 2.55. The Bertz CT molecular complexity index is 1030. The van der Waals surface area contributed by atoms with Gasteiger partial charge in [0.15, 0.2) is 5.82 Å². The molecular formula is C15H12N6O2S. The number of anilines is 1. The van der Waals surface area contributed by atoms with Gasteiger partial charge in [-0.05, 0) is 36.4 Å². The molecule has 0 radical (unpaired) electrons. The first-order valence-corrected chi connectivity index (χ1v) is 8.34. The van der Waals surface area contributed by atoms with E-state index in [1.807, 2.05) is 30.3 Å². The number of benzene rings is 2. The number of para-hydroxylation sites is 2. The van der Waals surface area contributed by atoms with Gasteiger partial charge < -0.3 is 4.98 Å². The lowest BCUT2D eigenvalue weighted by molar-refractivity contribution is 0.598. The molecule has 0 fully saturated rings. The number of nitrogens with one attached hydrogen (secondary N) is 2. The molecule has 0 amide bonds. The summed E-state index contributed by atoms with van der Waals surface area (Å²) in [6.07, 6.45) is 0. The predicted molar refractivity (Wildman–Crippen MR) is 89.7 cm³/mol. The summed E-state index contributed by atoms with van der Waals surface area (Å²) in [5, 5.41) is 18.3. The van der Waals surface area contributed by atoms with Gasteiger partial charge in [-0.3, -0.25) is 5.43 Å². The number of nitrogens with zero attached hydrogens (tertiary/aromatic N) is 3. The lowest BCUT2D eigenvalue weighted by Crippen LogP contribution is -2.11. The van der Waals surface area contributed by atoms with Crippen molar-refractivity contribution in [3.05, 3.63) is 54.4 Å². The van der Waals surface area contributed by atoms with Gasteiger partial charge in [-0.15, -0.1) is 0 Å². The van der Waals surface area contributed by atoms with Gasteiger partial charge in [0.25, 0.3) is 0 Å². The number of primary sulfonamides is 1. The summed E-state index contributed by atoms with van der Waals surface area (Å²) in [5.74, 6) is 0.340. The molecule has 8 nitrogen and oxygen atoms in total. The van der Waals surface area contributed by atoms with Gasteiger partial charge in [0.2, 0.25) is 15.7 Å². The summed E-state index contributed by atoms with van der Waals surface area (Å²) in [6.45, 7) is 0. The van der Waals surface area contributed by atoms with Gasteiger partial charge in [-0.1, -0.05) is 12.1 Å². The summed E-state index contributed by atoms with van der Waals surface area (Å²) in [6, 6.07) is 15.0. The highest BCUT2D eigenvalue weighted by Gasteiger charge is 2.10. The fraction of sp³-hybridized carbons (Fsp3) is 0. The molecule has 1 aromatic heterocycles. The number of rotatable bonds is 4. The number of imidazole rings is 1. The van der Waals surface area contributed by atoms with Gasteiger partial charge in [-0.25, -0.2) is 18.5 Å². The Morgan fingerprint density at radius 3 is 2.54 bits per heavy atom. The lowest BCUT2D eigenvalue weighted by Gasteiger charge is -2.02. The van der Waals surface area contributed by atoms with Crippen LogP contribution in [0.4, 0.5) is 5.69 Å². The van der Waals surface area contributed by atoms with E-state index in [4.69, 9.17) is 5.14 Å². The van der Waals surface area contributed by atoms with Crippen molar-refractivity contribution in [3.63, 3.8) is 0 Å². The first-order chi connectivity index (χ1) is 11.5. The van der Waals surface area contributed by atoms with Crippen LogP contribution >= 0.6 is 0 Å². The third-order valence-electron chi connectivity index (χ3n) is 3.20. The monoisotopic (exact) mass is 340 g/mol. The highest BCUT2D eigenvalue weighted by molar-refractivity contribution is 7.89. The van der Waals surface area contributed by atoms with Gasteiger partial charge in [0.1, 0.15) is 6.07 Å². The first kappa shape index (κ1) is 15.7. The van der Waals surface area contributed by atoms with Crippen molar-refractivity contribution in [2.24, 2.45) is 10.2 Å². The second kappa shape index (κ2) is 6.11. The Morgan fingerprint density at radius 1 is 1.21 bits per heavy atom. The molecule has 0 spiro atoms. The van der Waals surface area contributed by atoms with Crippen molar-refractivity contribution in [3.8, 4) is 6.07 Å². The van der Waals surface area contributed by atoms with Crippen LogP contribution in [0.2, 0.25) is 0 Å². The van der Waals surface area contributed by atoms with Crippen LogP contribution < -0.4 is 10.6 Å². The summed E-state index contributed by atoms with van der Waals surface area (Å²) >= 11 is 0. The van der Waals surface area contributed by atoms with E-state index < -0.39 is 10.0 Å². The van der Waals surface area contributed by atoms with E-state index in [-0.39, 0.29) is 10.6 Å². The molecule has 24 heavy (non-hydrogen) atoms. The number of sulfonamides is 1. The second-order valence-corrected chi connectivity index (χ2v) is 6.42. The number of nitriles is 1. The van der Waals surface area contributed by atoms with Crippen molar-refractivity contribution >= 4 is 32.5 Å². The highest BCUT2D eigenvalue weighted by Crippen LogP contribution is 2.14. The zero-order chi connectivity index (χ0) is 17.2. The molecule has 0 atom stereocenters. The van der Waals surface area contributed by atoms with Crippen molar-refractivity contribution in [1.29, 1.82) is 5.26 Å². The van der Waals surface area contributed by atoms with E-state index >= 15 is 0 Å². The summed E-state index contributed by atoms with van der Waals surface area (Å²) in [7, 11) is -3.74. The maximum Gasteiger partial charge on any atom is 0.238 e. The molecule has 0 aliphatic carbocycles. The summed E-state index contributed by atoms with van der Waals surface area (Å²) in [5.41, 5.74) is 4.79. The van der Waals surface area contributed by atoms with Crippen LogP contribution in [0.5, 0.6) is 0 Å². The van der Waals surface area contributed by atoms with Crippen molar-refractivity contribution in [1.82, 2.24) is 9.97 Å². The fourth-order valence-electron chi connectivity index (χ4n) is 2.04. The third kappa shape index (κ3) is 3.24. The molecule has 0 unspecified atom stereocenters. The Balaban J connectivity index is 1.85. The van der Waals surface area contributed by atoms with E-state index in [1.165, 1.54) is 24.3 Å². The third-order valence-corrected chi connectivity index (χ3v) is 4.13. The number of hydrogen-bond donors (Lipinski definition) is 3. The van der Waals surface area contributed by atoms with Crippen molar-refractivity contribution < 1.29 is 8.42 Å². The Hall–Kier alpha value is -3.22. The minimum absolute atomic E-state index is 0.00480. The minimum atomic E-state index is -3.74. The standard InChI is InChI=1S/C15H12N6O2S/c16-9-14(15-18-12-3-1-2-4-13(12)19-15)21-20-10-5-7-11(8-6-10)24(17,22)23/h1-8,20H,(H,18,19)(H2,17,22,23)/b21-14-. The van der Waals surface area contributed by atoms with Crippen molar-refractivity contribution in [2.45, 2.75) is 4.90 Å². The number of aromatic nitrogens is 2. The Morgan fingerprint density at radius 2 is 1.92 bits per heavy atom. The smallest absolute Gasteiger partial charge is 0.238 e. The molecule has 3 aromatic rings. The van der Waals surface area contributed by atoms with Crippen LogP contribution in [0.1, 0.15) is 5.82 Å². The number of H-pyrrole nitrogens is 1. The zero-order valence-electron chi connectivity index (χ0n) is 12.3. The molecule has 0 saturated heterocycles. The van der Waals surface area contributed by atoms with E-state index in [1.54, 1.807) is 0 Å². The average molecular weight is 340 g/mol. The summed E-state index contributed by atoms with van der Waals surface area (Å²) < 4.78 is 22.4. The summed E-state index contributed by atoms with van der Waals surface area (Å²) in [4.78, 5) is 7.30. The van der Waals surface area contributed by atoms with E-state index in [2.05, 4.69) is 20.5 Å². The quantitative estimate of drug-likeness (QED) is 0.489. The normalized spacial score (nSPS) is 12.1. The second-order valence-electron chi connectivity index (χ2n) is 4.86. The van der Waals surface area contributed by atoms with Crippen LogP contribution in [0.25, 0.3) is 11.0 Å². The molecule has 9 heteroatoms. The minimum Gasteiger partial charge on any atom is -0.336 e. The van der Waals surface area contributed by atoms with E-state index in [0.29, 0.717) is 11.5 Å². The molecule has 0 bridgehead atoms. The number of fused-ring (bicyclic) bond motifs is 1. The molecule has 120 valence electrons. The number of aromatic amines is 1. The number of hydrazone groups is 1. The van der Waals surface area contributed by atoms with Crippen LogP contribution in [0.15, 0.2) is 58.5 Å². The SMILES string of the molecule is N#C/C(=N/Nc1ccc(S(N)(=O)=O)cc1)c1nc2ccccc2[nH]1. The van der Waals surface area contributed by atoms with Crippen molar-refractivity contribution in [2.75, 3.05) is 5.43 Å². The number of hydrogen-bond acceptors (Lipinski definition) is 6. The Kier molecular flexibility index (Phi) is 3.99. The average Bonchev–Trinajstić information content (AvgIpc) is 2.99. The maximum atomic E-state index is 11.2. The zero-order valence-corrected chi connectivity index (χ0v) is 13.1. The van der Waals surface area contributed by atoms with Crippen LogP contribution in [-0.2, 0) is 10.0 Å².